The van der Waals surface area contributed by atoms with Crippen LogP contribution < -0.4 is 0 Å². The first kappa shape index (κ1) is 8.84. The summed E-state index contributed by atoms with van der Waals surface area (Å²) in [5.74, 6) is 0. The Morgan fingerprint density at radius 1 is 1.64 bits per heavy atom. The second-order valence-corrected chi connectivity index (χ2v) is 4.04. The minimum Gasteiger partial charge on any atom is -0.463 e. The molecule has 1 rings (SSSR count). The zero-order valence-electron chi connectivity index (χ0n) is 5.34. The number of hydrogen-bond donors (Lipinski definition) is 0. The van der Waals surface area contributed by atoms with Gasteiger partial charge in [0, 0.05) is 5.56 Å². The van der Waals surface area contributed by atoms with Gasteiger partial charge in [-0.25, -0.2) is 0 Å². The van der Waals surface area contributed by atoms with Crippen LogP contribution in [-0.4, -0.2) is 6.47 Å². The summed E-state index contributed by atoms with van der Waals surface area (Å²) in [6.45, 7) is 0.563. The maximum atomic E-state index is 9.80. The fourth-order valence-corrected chi connectivity index (χ4v) is 2.06. The van der Waals surface area contributed by atoms with Gasteiger partial charge >= 0.3 is 0 Å². The van der Waals surface area contributed by atoms with E-state index in [-0.39, 0.29) is 6.61 Å². The molecule has 5 heteroatoms. The highest BCUT2D eigenvalue weighted by molar-refractivity contribution is 7.20. The van der Waals surface area contributed by atoms with Crippen LogP contribution in [0.4, 0.5) is 0 Å². The summed E-state index contributed by atoms with van der Waals surface area (Å²) < 4.78 is 5.66. The minimum atomic E-state index is 0.186. The van der Waals surface area contributed by atoms with Crippen molar-refractivity contribution in [3.8, 4) is 0 Å². The molecule has 1 aromatic rings. The van der Waals surface area contributed by atoms with E-state index < -0.39 is 0 Å². The maximum absolute atomic E-state index is 9.80. The molecule has 0 radical (unpaired) electrons. The van der Waals surface area contributed by atoms with Crippen molar-refractivity contribution in [2.75, 3.05) is 0 Å². The molecule has 0 fully saturated rings. The fraction of sp³-hybridized carbons (Fsp3) is 0.167. The van der Waals surface area contributed by atoms with Crippen molar-refractivity contribution < 1.29 is 9.53 Å². The Kier molecular flexibility index (Phi) is 3.17. The fourth-order valence-electron chi connectivity index (χ4n) is 0.597. The number of halogens is 2. The summed E-state index contributed by atoms with van der Waals surface area (Å²) in [5.41, 5.74) is 0.744. The van der Waals surface area contributed by atoms with Crippen LogP contribution >= 0.6 is 34.5 Å². The van der Waals surface area contributed by atoms with Crippen LogP contribution in [0.2, 0.25) is 8.67 Å². The average Bonchev–Trinajstić information content (AvgIpc) is 2.26. The molecule has 0 N–H and O–H groups in total. The van der Waals surface area contributed by atoms with Crippen LogP contribution in [0.25, 0.3) is 0 Å². The second kappa shape index (κ2) is 3.95. The standard InChI is InChI=1S/C6H4Cl2O2S/c7-5-1-4(2-10-3-9)6(8)11-5/h1,3H,2H2. The van der Waals surface area contributed by atoms with E-state index >= 15 is 0 Å². The highest BCUT2D eigenvalue weighted by Crippen LogP contribution is 2.31. The van der Waals surface area contributed by atoms with E-state index in [2.05, 4.69) is 4.74 Å². The molecule has 0 aliphatic carbocycles. The van der Waals surface area contributed by atoms with Crippen LogP contribution in [-0.2, 0) is 16.1 Å². The van der Waals surface area contributed by atoms with Gasteiger partial charge in [0.2, 0.25) is 0 Å². The van der Waals surface area contributed by atoms with Gasteiger partial charge in [-0.3, -0.25) is 4.79 Å². The molecule has 0 unspecified atom stereocenters. The molecular weight excluding hydrogens is 207 g/mol. The first-order valence-corrected chi connectivity index (χ1v) is 4.30. The van der Waals surface area contributed by atoms with Crippen molar-refractivity contribution in [1.82, 2.24) is 0 Å². The molecule has 0 bridgehead atoms. The van der Waals surface area contributed by atoms with Crippen molar-refractivity contribution in [2.45, 2.75) is 6.61 Å². The summed E-state index contributed by atoms with van der Waals surface area (Å²) in [7, 11) is 0. The maximum Gasteiger partial charge on any atom is 0.293 e. The lowest BCUT2D eigenvalue weighted by atomic mass is 10.4. The van der Waals surface area contributed by atoms with E-state index in [0.717, 1.165) is 5.56 Å². The normalized spacial score (nSPS) is 9.64. The van der Waals surface area contributed by atoms with E-state index in [9.17, 15) is 4.79 Å². The van der Waals surface area contributed by atoms with Gasteiger partial charge in [-0.2, -0.15) is 0 Å². The molecule has 1 aromatic heterocycles. The third-order valence-corrected chi connectivity index (χ3v) is 2.60. The minimum absolute atomic E-state index is 0.186. The molecule has 0 aromatic carbocycles. The van der Waals surface area contributed by atoms with Crippen LogP contribution in [0.15, 0.2) is 6.07 Å². The Balaban J connectivity index is 2.69. The Morgan fingerprint density at radius 2 is 2.36 bits per heavy atom. The molecule has 0 aliphatic heterocycles. The lowest BCUT2D eigenvalue weighted by molar-refractivity contribution is -0.129. The van der Waals surface area contributed by atoms with Gasteiger partial charge in [-0.05, 0) is 6.07 Å². The molecule has 0 amide bonds. The molecule has 2 nitrogen and oxygen atoms in total. The topological polar surface area (TPSA) is 26.3 Å². The molecule has 0 saturated carbocycles. The van der Waals surface area contributed by atoms with Gasteiger partial charge in [0.1, 0.15) is 10.9 Å². The lowest BCUT2D eigenvalue weighted by Crippen LogP contribution is -1.87. The third kappa shape index (κ3) is 2.36. The van der Waals surface area contributed by atoms with Crippen LogP contribution in [0.5, 0.6) is 0 Å². The Morgan fingerprint density at radius 3 is 2.82 bits per heavy atom. The predicted molar refractivity (Wildman–Crippen MR) is 45.2 cm³/mol. The number of thiophene rings is 1. The monoisotopic (exact) mass is 210 g/mol. The predicted octanol–water partition coefficient (Wildman–Crippen LogP) is 2.73. The molecule has 0 atom stereocenters. The summed E-state index contributed by atoms with van der Waals surface area (Å²) in [6, 6.07) is 1.68. The molecule has 60 valence electrons. The first-order valence-electron chi connectivity index (χ1n) is 2.73. The van der Waals surface area contributed by atoms with Gasteiger partial charge < -0.3 is 4.74 Å². The Bertz CT molecular complexity index is 259. The first-order chi connectivity index (χ1) is 5.24. The average molecular weight is 211 g/mol. The Labute approximate surface area is 77.7 Å². The van der Waals surface area contributed by atoms with Crippen LogP contribution in [0.3, 0.4) is 0 Å². The van der Waals surface area contributed by atoms with Crippen molar-refractivity contribution in [1.29, 1.82) is 0 Å². The smallest absolute Gasteiger partial charge is 0.293 e. The third-order valence-electron chi connectivity index (χ3n) is 1.03. The molecule has 1 heterocycles. The van der Waals surface area contributed by atoms with Crippen molar-refractivity contribution in [3.05, 3.63) is 20.3 Å². The van der Waals surface area contributed by atoms with E-state index in [1.54, 1.807) is 6.07 Å². The van der Waals surface area contributed by atoms with Crippen molar-refractivity contribution in [2.24, 2.45) is 0 Å². The zero-order valence-corrected chi connectivity index (χ0v) is 7.67. The summed E-state index contributed by atoms with van der Waals surface area (Å²) in [6.07, 6.45) is 0. The molecule has 0 saturated heterocycles. The van der Waals surface area contributed by atoms with Crippen molar-refractivity contribution >= 4 is 41.0 Å². The number of ether oxygens (including phenoxy) is 1. The van der Waals surface area contributed by atoms with E-state index in [1.807, 2.05) is 0 Å². The summed E-state index contributed by atoms with van der Waals surface area (Å²) in [4.78, 5) is 9.80. The summed E-state index contributed by atoms with van der Waals surface area (Å²) >= 11 is 12.6. The Hall–Kier alpha value is -0.250. The van der Waals surface area contributed by atoms with E-state index in [1.165, 1.54) is 11.3 Å². The molecule has 0 aliphatic rings. The lowest BCUT2D eigenvalue weighted by Gasteiger charge is -1.93. The van der Waals surface area contributed by atoms with Gasteiger partial charge in [0.05, 0.1) is 4.34 Å². The highest BCUT2D eigenvalue weighted by atomic mass is 35.5. The molecule has 0 spiro atoms. The van der Waals surface area contributed by atoms with E-state index in [4.69, 9.17) is 23.2 Å². The zero-order chi connectivity index (χ0) is 8.27. The number of rotatable bonds is 3. The number of hydrogen-bond acceptors (Lipinski definition) is 3. The molecule has 11 heavy (non-hydrogen) atoms. The number of carbonyl (C=O) groups is 1. The van der Waals surface area contributed by atoms with Crippen LogP contribution in [0.1, 0.15) is 5.56 Å². The highest BCUT2D eigenvalue weighted by Gasteiger charge is 2.04. The number of carbonyl (C=O) groups excluding carboxylic acids is 1. The van der Waals surface area contributed by atoms with Gasteiger partial charge in [0.15, 0.2) is 0 Å². The van der Waals surface area contributed by atoms with Crippen LogP contribution in [0, 0.1) is 0 Å². The SMILES string of the molecule is O=COCc1cc(Cl)sc1Cl. The van der Waals surface area contributed by atoms with E-state index in [0.29, 0.717) is 15.1 Å². The summed E-state index contributed by atoms with van der Waals surface area (Å²) in [5, 5.41) is 0. The quantitative estimate of drug-likeness (QED) is 0.718. The van der Waals surface area contributed by atoms with Gasteiger partial charge in [0.25, 0.3) is 6.47 Å². The largest absolute Gasteiger partial charge is 0.463 e. The molecular formula is C6H4Cl2O2S. The van der Waals surface area contributed by atoms with Gasteiger partial charge in [-0.15, -0.1) is 11.3 Å². The van der Waals surface area contributed by atoms with Crippen molar-refractivity contribution in [3.63, 3.8) is 0 Å². The second-order valence-electron chi connectivity index (χ2n) is 1.76. The van der Waals surface area contributed by atoms with Gasteiger partial charge in [-0.1, -0.05) is 23.2 Å².